The average molecular weight is 265 g/mol. The lowest BCUT2D eigenvalue weighted by Gasteiger charge is -2.26. The monoisotopic (exact) mass is 265 g/mol. The highest BCUT2D eigenvalue weighted by Crippen LogP contribution is 2.31. The molecule has 0 saturated carbocycles. The van der Waals surface area contributed by atoms with Crippen LogP contribution >= 0.6 is 0 Å². The molecule has 0 aliphatic rings. The fraction of sp³-hybridized carbons (Fsp3) is 0.533. The van der Waals surface area contributed by atoms with Gasteiger partial charge < -0.3 is 15.2 Å². The number of hydrogen-bond donors (Lipinski definition) is 2. The zero-order chi connectivity index (χ0) is 14.6. The number of benzene rings is 1. The Hall–Kier alpha value is -1.55. The van der Waals surface area contributed by atoms with Crippen molar-refractivity contribution < 1.29 is 14.6 Å². The number of nitrogens with one attached hydrogen (secondary N) is 1. The van der Waals surface area contributed by atoms with Gasteiger partial charge in [-0.15, -0.1) is 0 Å². The molecule has 2 N–H and O–H groups in total. The topological polar surface area (TPSA) is 58.6 Å². The van der Waals surface area contributed by atoms with Crippen LogP contribution in [0.25, 0.3) is 0 Å². The molecule has 0 aliphatic heterocycles. The van der Waals surface area contributed by atoms with Crippen LogP contribution in [0, 0.1) is 12.3 Å². The summed E-state index contributed by atoms with van der Waals surface area (Å²) in [5.74, 6) is 0.0640. The standard InChI is InChI=1S/C15H23NO3/c1-10-8-11(6-7-13(10)19-5)12(16-4)9-15(2,3)14(17)18/h6-8,12,16H,9H2,1-5H3,(H,17,18). The first-order valence-electron chi connectivity index (χ1n) is 6.37. The Balaban J connectivity index is 2.98. The third-order valence-corrected chi connectivity index (χ3v) is 3.46. The molecule has 0 heterocycles. The first-order valence-corrected chi connectivity index (χ1v) is 6.37. The Labute approximate surface area is 114 Å². The van der Waals surface area contributed by atoms with Crippen LogP contribution in [0.15, 0.2) is 18.2 Å². The number of carbonyl (C=O) groups is 1. The van der Waals surface area contributed by atoms with Crippen molar-refractivity contribution in [3.63, 3.8) is 0 Å². The van der Waals surface area contributed by atoms with E-state index >= 15 is 0 Å². The predicted octanol–water partition coefficient (Wildman–Crippen LogP) is 2.77. The Kier molecular flexibility index (Phi) is 4.95. The summed E-state index contributed by atoms with van der Waals surface area (Å²) in [5.41, 5.74) is 1.37. The molecule has 0 fully saturated rings. The van der Waals surface area contributed by atoms with Gasteiger partial charge in [0, 0.05) is 6.04 Å². The minimum atomic E-state index is -0.780. The highest BCUT2D eigenvalue weighted by molar-refractivity contribution is 5.73. The largest absolute Gasteiger partial charge is 0.496 e. The maximum absolute atomic E-state index is 11.2. The van der Waals surface area contributed by atoms with E-state index in [1.165, 1.54) is 0 Å². The van der Waals surface area contributed by atoms with Crippen molar-refractivity contribution in [2.75, 3.05) is 14.2 Å². The number of ether oxygens (including phenoxy) is 1. The molecule has 4 heteroatoms. The number of aliphatic carboxylic acids is 1. The normalized spacial score (nSPS) is 13.1. The van der Waals surface area contributed by atoms with Crippen molar-refractivity contribution >= 4 is 5.97 Å². The van der Waals surface area contributed by atoms with Crippen molar-refractivity contribution in [2.45, 2.75) is 33.2 Å². The van der Waals surface area contributed by atoms with Crippen molar-refractivity contribution in [3.8, 4) is 5.75 Å². The zero-order valence-electron chi connectivity index (χ0n) is 12.3. The van der Waals surface area contributed by atoms with Crippen LogP contribution in [-0.4, -0.2) is 25.2 Å². The van der Waals surface area contributed by atoms with Crippen LogP contribution in [0.3, 0.4) is 0 Å². The fourth-order valence-electron chi connectivity index (χ4n) is 2.10. The molecule has 0 radical (unpaired) electrons. The van der Waals surface area contributed by atoms with Crippen LogP contribution in [-0.2, 0) is 4.79 Å². The molecule has 0 aromatic heterocycles. The summed E-state index contributed by atoms with van der Waals surface area (Å²) < 4.78 is 5.24. The van der Waals surface area contributed by atoms with Gasteiger partial charge >= 0.3 is 5.97 Å². The summed E-state index contributed by atoms with van der Waals surface area (Å²) in [7, 11) is 3.49. The van der Waals surface area contributed by atoms with E-state index in [1.54, 1.807) is 21.0 Å². The minimum Gasteiger partial charge on any atom is -0.496 e. The van der Waals surface area contributed by atoms with Gasteiger partial charge in [0.2, 0.25) is 0 Å². The molecule has 0 saturated heterocycles. The predicted molar refractivity (Wildman–Crippen MR) is 75.6 cm³/mol. The smallest absolute Gasteiger partial charge is 0.309 e. The van der Waals surface area contributed by atoms with Crippen LogP contribution in [0.5, 0.6) is 5.75 Å². The summed E-state index contributed by atoms with van der Waals surface area (Å²) >= 11 is 0. The third-order valence-electron chi connectivity index (χ3n) is 3.46. The Morgan fingerprint density at radius 1 is 1.47 bits per heavy atom. The van der Waals surface area contributed by atoms with E-state index in [9.17, 15) is 9.90 Å². The first-order chi connectivity index (χ1) is 8.81. The molecule has 1 rings (SSSR count). The van der Waals surface area contributed by atoms with Crippen molar-refractivity contribution in [1.29, 1.82) is 0 Å². The molecule has 19 heavy (non-hydrogen) atoms. The molecular weight excluding hydrogens is 242 g/mol. The van der Waals surface area contributed by atoms with Crippen LogP contribution in [0.4, 0.5) is 0 Å². The van der Waals surface area contributed by atoms with Crippen LogP contribution in [0.1, 0.15) is 37.4 Å². The van der Waals surface area contributed by atoms with Crippen molar-refractivity contribution in [1.82, 2.24) is 5.32 Å². The van der Waals surface area contributed by atoms with Gasteiger partial charge in [-0.1, -0.05) is 12.1 Å². The number of rotatable bonds is 6. The maximum atomic E-state index is 11.2. The van der Waals surface area contributed by atoms with Gasteiger partial charge in [-0.25, -0.2) is 0 Å². The highest BCUT2D eigenvalue weighted by Gasteiger charge is 2.30. The molecule has 0 amide bonds. The van der Waals surface area contributed by atoms with E-state index in [4.69, 9.17) is 4.74 Å². The number of aryl methyl sites for hydroxylation is 1. The SMILES string of the molecule is CNC(CC(C)(C)C(=O)O)c1ccc(OC)c(C)c1. The number of hydrogen-bond acceptors (Lipinski definition) is 3. The Morgan fingerprint density at radius 3 is 2.53 bits per heavy atom. The lowest BCUT2D eigenvalue weighted by atomic mass is 9.83. The van der Waals surface area contributed by atoms with Crippen LogP contribution in [0.2, 0.25) is 0 Å². The minimum absolute atomic E-state index is 0.00991. The molecule has 0 bridgehead atoms. The zero-order valence-corrected chi connectivity index (χ0v) is 12.3. The quantitative estimate of drug-likeness (QED) is 0.830. The average Bonchev–Trinajstić information content (AvgIpc) is 2.35. The van der Waals surface area contributed by atoms with Gasteiger partial charge in [-0.3, -0.25) is 4.79 Å². The van der Waals surface area contributed by atoms with Gasteiger partial charge in [-0.2, -0.15) is 0 Å². The number of carboxylic acid groups (broad SMARTS) is 1. The molecule has 1 aromatic rings. The summed E-state index contributed by atoms with van der Waals surface area (Å²) in [6.45, 7) is 5.48. The lowest BCUT2D eigenvalue weighted by molar-refractivity contribution is -0.147. The molecule has 106 valence electrons. The van der Waals surface area contributed by atoms with Gasteiger partial charge in [-0.05, 0) is 51.4 Å². The Morgan fingerprint density at radius 2 is 2.11 bits per heavy atom. The second-order valence-electron chi connectivity index (χ2n) is 5.46. The van der Waals surface area contributed by atoms with Crippen LogP contribution < -0.4 is 10.1 Å². The van der Waals surface area contributed by atoms with E-state index in [-0.39, 0.29) is 6.04 Å². The van der Waals surface area contributed by atoms with Gasteiger partial charge in [0.05, 0.1) is 12.5 Å². The van der Waals surface area contributed by atoms with Gasteiger partial charge in [0.15, 0.2) is 0 Å². The lowest BCUT2D eigenvalue weighted by Crippen LogP contribution is -2.30. The first kappa shape index (κ1) is 15.5. The van der Waals surface area contributed by atoms with Gasteiger partial charge in [0.25, 0.3) is 0 Å². The van der Waals surface area contributed by atoms with Crippen molar-refractivity contribution in [3.05, 3.63) is 29.3 Å². The van der Waals surface area contributed by atoms with E-state index in [0.29, 0.717) is 6.42 Å². The molecular formula is C15H23NO3. The summed E-state index contributed by atoms with van der Waals surface area (Å²) in [6, 6.07) is 5.95. The number of methoxy groups -OCH3 is 1. The van der Waals surface area contributed by atoms with Crippen molar-refractivity contribution in [2.24, 2.45) is 5.41 Å². The third kappa shape index (κ3) is 3.70. The van der Waals surface area contributed by atoms with E-state index in [0.717, 1.165) is 16.9 Å². The van der Waals surface area contributed by atoms with E-state index in [2.05, 4.69) is 5.32 Å². The summed E-state index contributed by atoms with van der Waals surface area (Å²) in [6.07, 6.45) is 0.532. The summed E-state index contributed by atoms with van der Waals surface area (Å²) in [5, 5.41) is 12.4. The fourth-order valence-corrected chi connectivity index (χ4v) is 2.10. The second kappa shape index (κ2) is 6.06. The molecule has 0 spiro atoms. The molecule has 1 unspecified atom stereocenters. The second-order valence-corrected chi connectivity index (χ2v) is 5.46. The van der Waals surface area contributed by atoms with Gasteiger partial charge in [0.1, 0.15) is 5.75 Å². The van der Waals surface area contributed by atoms with E-state index in [1.807, 2.05) is 32.2 Å². The molecule has 4 nitrogen and oxygen atoms in total. The molecule has 1 aromatic carbocycles. The highest BCUT2D eigenvalue weighted by atomic mass is 16.5. The molecule has 1 atom stereocenters. The number of carboxylic acids is 1. The molecule has 0 aliphatic carbocycles. The van der Waals surface area contributed by atoms with E-state index < -0.39 is 11.4 Å². The summed E-state index contributed by atoms with van der Waals surface area (Å²) in [4.78, 5) is 11.2. The maximum Gasteiger partial charge on any atom is 0.309 e. The Bertz CT molecular complexity index is 455.